The van der Waals surface area contributed by atoms with E-state index in [0.717, 1.165) is 5.56 Å². The lowest BCUT2D eigenvalue weighted by molar-refractivity contribution is 0.528. The van der Waals surface area contributed by atoms with Crippen molar-refractivity contribution in [2.24, 2.45) is 0 Å². The van der Waals surface area contributed by atoms with Crippen LogP contribution in [0.2, 0.25) is 0 Å². The Morgan fingerprint density at radius 1 is 1.12 bits per heavy atom. The average Bonchev–Trinajstić information content (AvgIpc) is 2.76. The normalized spacial score (nSPS) is 11.8. The number of benzene rings is 1. The zero-order chi connectivity index (χ0) is 12.5. The van der Waals surface area contributed by atoms with Gasteiger partial charge in [0.1, 0.15) is 0 Å². The molecule has 0 bridgehead atoms. The fraction of sp³-hybridized carbons (Fsp3) is 0.385. The molecule has 0 amide bonds. The number of nitrogens with zero attached hydrogens (tertiary/aromatic N) is 2. The third-order valence-corrected chi connectivity index (χ3v) is 2.87. The summed E-state index contributed by atoms with van der Waals surface area (Å²) >= 11 is 4.09. The van der Waals surface area contributed by atoms with Gasteiger partial charge in [0, 0.05) is 5.56 Å². The Kier molecular flexibility index (Phi) is 3.24. The summed E-state index contributed by atoms with van der Waals surface area (Å²) in [6.45, 7) is 6.56. The van der Waals surface area contributed by atoms with Crippen molar-refractivity contribution in [2.75, 3.05) is 0 Å². The van der Waals surface area contributed by atoms with Crippen LogP contribution in [0.15, 0.2) is 28.7 Å². The summed E-state index contributed by atoms with van der Waals surface area (Å²) in [7, 11) is 0. The molecule has 0 atom stereocenters. The monoisotopic (exact) mass is 248 g/mol. The molecule has 0 unspecified atom stereocenters. The Morgan fingerprint density at radius 2 is 1.76 bits per heavy atom. The van der Waals surface area contributed by atoms with Crippen LogP contribution in [0.25, 0.3) is 11.5 Å². The summed E-state index contributed by atoms with van der Waals surface area (Å²) < 4.78 is 5.45. The molecule has 1 aromatic heterocycles. The van der Waals surface area contributed by atoms with E-state index in [1.165, 1.54) is 5.56 Å². The first-order valence-electron chi connectivity index (χ1n) is 5.55. The van der Waals surface area contributed by atoms with Crippen molar-refractivity contribution in [1.82, 2.24) is 10.2 Å². The first kappa shape index (κ1) is 12.2. The van der Waals surface area contributed by atoms with Crippen molar-refractivity contribution in [3.8, 4) is 11.5 Å². The van der Waals surface area contributed by atoms with Crippen molar-refractivity contribution < 1.29 is 4.42 Å². The van der Waals surface area contributed by atoms with Gasteiger partial charge in [-0.2, -0.15) is 12.6 Å². The van der Waals surface area contributed by atoms with Gasteiger partial charge in [-0.05, 0) is 23.1 Å². The molecule has 0 radical (unpaired) electrons. The quantitative estimate of drug-likeness (QED) is 0.827. The number of hydrogen-bond donors (Lipinski definition) is 1. The van der Waals surface area contributed by atoms with E-state index in [1.54, 1.807) is 0 Å². The van der Waals surface area contributed by atoms with Gasteiger partial charge in [-0.15, -0.1) is 10.2 Å². The fourth-order valence-electron chi connectivity index (χ4n) is 1.55. The molecule has 0 saturated heterocycles. The van der Waals surface area contributed by atoms with Crippen molar-refractivity contribution in [1.29, 1.82) is 0 Å². The van der Waals surface area contributed by atoms with E-state index in [0.29, 0.717) is 17.5 Å². The third kappa shape index (κ3) is 2.69. The third-order valence-electron chi connectivity index (χ3n) is 2.60. The smallest absolute Gasteiger partial charge is 0.247 e. The largest absolute Gasteiger partial charge is 0.420 e. The lowest BCUT2D eigenvalue weighted by atomic mass is 9.87. The van der Waals surface area contributed by atoms with Gasteiger partial charge in [-0.3, -0.25) is 0 Å². The van der Waals surface area contributed by atoms with Gasteiger partial charge in [0.15, 0.2) is 0 Å². The highest BCUT2D eigenvalue weighted by atomic mass is 32.1. The van der Waals surface area contributed by atoms with Gasteiger partial charge < -0.3 is 4.42 Å². The number of hydrogen-bond acceptors (Lipinski definition) is 4. The van der Waals surface area contributed by atoms with Crippen LogP contribution in [0.1, 0.15) is 32.2 Å². The molecule has 2 rings (SSSR count). The molecule has 1 heterocycles. The van der Waals surface area contributed by atoms with E-state index in [2.05, 4.69) is 55.7 Å². The van der Waals surface area contributed by atoms with Crippen LogP contribution in [0.5, 0.6) is 0 Å². The summed E-state index contributed by atoms with van der Waals surface area (Å²) in [5.41, 5.74) is 2.39. The highest BCUT2D eigenvalue weighted by molar-refractivity contribution is 7.79. The highest BCUT2D eigenvalue weighted by Gasteiger charge is 2.14. The second-order valence-corrected chi connectivity index (χ2v) is 5.30. The first-order chi connectivity index (χ1) is 8.00. The van der Waals surface area contributed by atoms with Crippen molar-refractivity contribution in [3.63, 3.8) is 0 Å². The van der Waals surface area contributed by atoms with Gasteiger partial charge in [-0.1, -0.05) is 32.9 Å². The molecule has 4 heteroatoms. The maximum absolute atomic E-state index is 5.45. The Morgan fingerprint density at radius 3 is 2.24 bits per heavy atom. The van der Waals surface area contributed by atoms with Crippen LogP contribution >= 0.6 is 12.6 Å². The number of thiol groups is 1. The second kappa shape index (κ2) is 4.53. The SMILES string of the molecule is CC(C)(C)c1ccc(-c2nnc(CS)o2)cc1. The topological polar surface area (TPSA) is 38.9 Å². The standard InChI is InChI=1S/C13H16N2OS/c1-13(2,3)10-6-4-9(5-7-10)12-15-14-11(8-17)16-12/h4-7,17H,8H2,1-3H3. The van der Waals surface area contributed by atoms with E-state index in [9.17, 15) is 0 Å². The molecule has 3 nitrogen and oxygen atoms in total. The molecule has 0 aliphatic carbocycles. The lowest BCUT2D eigenvalue weighted by Crippen LogP contribution is -2.10. The van der Waals surface area contributed by atoms with E-state index in [1.807, 2.05) is 12.1 Å². The molecule has 17 heavy (non-hydrogen) atoms. The second-order valence-electron chi connectivity index (χ2n) is 4.99. The zero-order valence-corrected chi connectivity index (χ0v) is 11.2. The number of aromatic nitrogens is 2. The predicted molar refractivity (Wildman–Crippen MR) is 71.1 cm³/mol. The van der Waals surface area contributed by atoms with Gasteiger partial charge in [0.2, 0.25) is 11.8 Å². The summed E-state index contributed by atoms with van der Waals surface area (Å²) in [6, 6.07) is 8.21. The molecule has 0 aliphatic rings. The van der Waals surface area contributed by atoms with Gasteiger partial charge in [-0.25, -0.2) is 0 Å². The molecule has 0 N–H and O–H groups in total. The maximum atomic E-state index is 5.45. The summed E-state index contributed by atoms with van der Waals surface area (Å²) in [5, 5.41) is 7.87. The maximum Gasteiger partial charge on any atom is 0.247 e. The van der Waals surface area contributed by atoms with Gasteiger partial charge in [0.05, 0.1) is 5.75 Å². The minimum Gasteiger partial charge on any atom is -0.420 e. The zero-order valence-electron chi connectivity index (χ0n) is 10.3. The lowest BCUT2D eigenvalue weighted by Gasteiger charge is -2.18. The van der Waals surface area contributed by atoms with Gasteiger partial charge >= 0.3 is 0 Å². The first-order valence-corrected chi connectivity index (χ1v) is 6.18. The highest BCUT2D eigenvalue weighted by Crippen LogP contribution is 2.25. The van der Waals surface area contributed by atoms with Crippen LogP contribution in [0.4, 0.5) is 0 Å². The minimum absolute atomic E-state index is 0.156. The fourth-order valence-corrected chi connectivity index (χ4v) is 1.67. The Bertz CT molecular complexity index is 497. The van der Waals surface area contributed by atoms with E-state index < -0.39 is 0 Å². The summed E-state index contributed by atoms with van der Waals surface area (Å²) in [6.07, 6.45) is 0. The molecular formula is C13H16N2OS. The Labute approximate surface area is 107 Å². The Hall–Kier alpha value is -1.29. The molecule has 90 valence electrons. The van der Waals surface area contributed by atoms with Crippen LogP contribution in [-0.4, -0.2) is 10.2 Å². The van der Waals surface area contributed by atoms with Gasteiger partial charge in [0.25, 0.3) is 0 Å². The molecule has 2 aromatic rings. The van der Waals surface area contributed by atoms with Crippen LogP contribution in [0.3, 0.4) is 0 Å². The number of rotatable bonds is 2. The average molecular weight is 248 g/mol. The van der Waals surface area contributed by atoms with Crippen LogP contribution in [-0.2, 0) is 11.2 Å². The van der Waals surface area contributed by atoms with Crippen LogP contribution < -0.4 is 0 Å². The summed E-state index contributed by atoms with van der Waals surface area (Å²) in [5.74, 6) is 1.56. The van der Waals surface area contributed by atoms with Crippen molar-refractivity contribution >= 4 is 12.6 Å². The molecule has 0 fully saturated rings. The van der Waals surface area contributed by atoms with E-state index in [-0.39, 0.29) is 5.41 Å². The Balaban J connectivity index is 2.29. The minimum atomic E-state index is 0.156. The van der Waals surface area contributed by atoms with E-state index in [4.69, 9.17) is 4.42 Å². The predicted octanol–water partition coefficient (Wildman–Crippen LogP) is 3.46. The summed E-state index contributed by atoms with van der Waals surface area (Å²) in [4.78, 5) is 0. The van der Waals surface area contributed by atoms with E-state index >= 15 is 0 Å². The molecule has 0 spiro atoms. The molecular weight excluding hydrogens is 232 g/mol. The van der Waals surface area contributed by atoms with Crippen molar-refractivity contribution in [3.05, 3.63) is 35.7 Å². The van der Waals surface area contributed by atoms with Crippen LogP contribution in [0, 0.1) is 0 Å². The molecule has 0 saturated carbocycles. The van der Waals surface area contributed by atoms with Crippen molar-refractivity contribution in [2.45, 2.75) is 31.9 Å². The molecule has 0 aliphatic heterocycles. The molecule has 1 aromatic carbocycles.